The summed E-state index contributed by atoms with van der Waals surface area (Å²) in [5.74, 6) is -0.711. The number of allylic oxidation sites excluding steroid dienone is 1. The van der Waals surface area contributed by atoms with Gasteiger partial charge in [0, 0.05) is 38.0 Å². The van der Waals surface area contributed by atoms with Crippen molar-refractivity contribution in [2.75, 3.05) is 7.05 Å². The summed E-state index contributed by atoms with van der Waals surface area (Å²) in [7, 11) is 1.47. The van der Waals surface area contributed by atoms with Gasteiger partial charge < -0.3 is 9.67 Å². The van der Waals surface area contributed by atoms with E-state index in [4.69, 9.17) is 0 Å². The first-order valence-corrected chi connectivity index (χ1v) is 9.68. The average molecular weight is 405 g/mol. The third-order valence-electron chi connectivity index (χ3n) is 4.92. The minimum Gasteiger partial charge on any atom is -0.504 e. The van der Waals surface area contributed by atoms with E-state index in [1.807, 2.05) is 23.6 Å². The van der Waals surface area contributed by atoms with E-state index in [0.29, 0.717) is 12.4 Å². The molecule has 2 aromatic carbocycles. The number of aromatic nitrogens is 2. The molecular formula is C24H24FN3O2. The SMILES string of the molecule is C/N=C\C(=O)/C(O)=C/c1nccn1CC[C@H](c1ccc(C)cc1)c1ccc(F)cc1. The first-order chi connectivity index (χ1) is 14.5. The molecule has 1 atom stereocenters. The standard InChI is InChI=1S/C24H24FN3O2/c1-17-3-5-18(6-4-17)21(19-7-9-20(25)10-8-19)11-13-28-14-12-27-24(28)15-22(29)23(30)16-26-2/h3-10,12,14-16,21,29H,11,13H2,1-2H3/b22-15-,26-16-/t21-/m1/s1. The molecule has 3 rings (SSSR count). The van der Waals surface area contributed by atoms with Crippen LogP contribution in [0.5, 0.6) is 0 Å². The fourth-order valence-corrected chi connectivity index (χ4v) is 3.31. The molecular weight excluding hydrogens is 381 g/mol. The zero-order valence-corrected chi connectivity index (χ0v) is 17.0. The molecule has 0 saturated heterocycles. The fourth-order valence-electron chi connectivity index (χ4n) is 3.31. The van der Waals surface area contributed by atoms with Gasteiger partial charge in [-0.3, -0.25) is 9.79 Å². The molecule has 0 fully saturated rings. The van der Waals surface area contributed by atoms with E-state index in [-0.39, 0.29) is 11.7 Å². The maximum absolute atomic E-state index is 13.4. The van der Waals surface area contributed by atoms with E-state index in [0.717, 1.165) is 23.8 Å². The van der Waals surface area contributed by atoms with Crippen LogP contribution in [0.1, 0.15) is 34.9 Å². The molecule has 0 radical (unpaired) electrons. The quantitative estimate of drug-likeness (QED) is 0.335. The summed E-state index contributed by atoms with van der Waals surface area (Å²) in [6.45, 7) is 2.64. The molecule has 3 aromatic rings. The fraction of sp³-hybridized carbons (Fsp3) is 0.208. The highest BCUT2D eigenvalue weighted by Crippen LogP contribution is 2.29. The molecule has 1 N–H and O–H groups in total. The Morgan fingerprint density at radius 3 is 2.43 bits per heavy atom. The summed E-state index contributed by atoms with van der Waals surface area (Å²) in [5, 5.41) is 9.96. The van der Waals surface area contributed by atoms with E-state index in [9.17, 15) is 14.3 Å². The number of aryl methyl sites for hydroxylation is 2. The number of carbonyl (C=O) groups excluding carboxylic acids is 1. The van der Waals surface area contributed by atoms with Gasteiger partial charge in [0.05, 0.1) is 6.21 Å². The number of hydrogen-bond acceptors (Lipinski definition) is 4. The number of aliphatic imine (C=N–C) groups is 1. The van der Waals surface area contributed by atoms with Crippen molar-refractivity contribution in [3.05, 3.63) is 95.0 Å². The highest BCUT2D eigenvalue weighted by Gasteiger charge is 2.16. The minimum atomic E-state index is -0.573. The predicted molar refractivity (Wildman–Crippen MR) is 116 cm³/mol. The van der Waals surface area contributed by atoms with Crippen LogP contribution in [0.25, 0.3) is 6.08 Å². The lowest BCUT2D eigenvalue weighted by Crippen LogP contribution is -2.09. The number of Topliss-reactive ketones (excluding diaryl/α,β-unsaturated/α-hetero) is 1. The van der Waals surface area contributed by atoms with Crippen LogP contribution in [-0.4, -0.2) is 33.7 Å². The van der Waals surface area contributed by atoms with Gasteiger partial charge in [0.25, 0.3) is 0 Å². The van der Waals surface area contributed by atoms with Gasteiger partial charge in [0.2, 0.25) is 5.78 Å². The van der Waals surface area contributed by atoms with Crippen molar-refractivity contribution in [1.29, 1.82) is 0 Å². The van der Waals surface area contributed by atoms with E-state index in [1.54, 1.807) is 12.4 Å². The molecule has 0 aliphatic heterocycles. The Balaban J connectivity index is 1.84. The molecule has 0 unspecified atom stereocenters. The van der Waals surface area contributed by atoms with E-state index in [2.05, 4.69) is 34.2 Å². The molecule has 0 bridgehead atoms. The van der Waals surface area contributed by atoms with Crippen LogP contribution < -0.4 is 0 Å². The number of carbonyl (C=O) groups is 1. The van der Waals surface area contributed by atoms with Crippen molar-refractivity contribution in [3.63, 3.8) is 0 Å². The minimum absolute atomic E-state index is 0.0629. The molecule has 1 heterocycles. The van der Waals surface area contributed by atoms with Crippen LogP contribution in [0.15, 0.2) is 71.7 Å². The Labute approximate surface area is 175 Å². The lowest BCUT2D eigenvalue weighted by molar-refractivity contribution is -0.111. The lowest BCUT2D eigenvalue weighted by atomic mass is 9.88. The van der Waals surface area contributed by atoms with Crippen LogP contribution in [0.4, 0.5) is 4.39 Å². The number of aliphatic hydroxyl groups is 1. The molecule has 1 aromatic heterocycles. The second-order valence-corrected chi connectivity index (χ2v) is 7.06. The van der Waals surface area contributed by atoms with Gasteiger partial charge >= 0.3 is 0 Å². The summed E-state index contributed by atoms with van der Waals surface area (Å²) in [6, 6.07) is 14.9. The van der Waals surface area contributed by atoms with Gasteiger partial charge in [-0.2, -0.15) is 0 Å². The molecule has 0 saturated carbocycles. The zero-order chi connectivity index (χ0) is 21.5. The topological polar surface area (TPSA) is 67.5 Å². The second kappa shape index (κ2) is 9.78. The Morgan fingerprint density at radius 1 is 1.17 bits per heavy atom. The number of rotatable bonds is 8. The number of imidazole rings is 1. The monoisotopic (exact) mass is 405 g/mol. The molecule has 0 amide bonds. The lowest BCUT2D eigenvalue weighted by Gasteiger charge is -2.19. The van der Waals surface area contributed by atoms with Crippen molar-refractivity contribution >= 4 is 18.1 Å². The summed E-state index contributed by atoms with van der Waals surface area (Å²) >= 11 is 0. The number of hydrogen-bond donors (Lipinski definition) is 1. The summed E-state index contributed by atoms with van der Waals surface area (Å²) in [5.41, 5.74) is 3.34. The molecule has 30 heavy (non-hydrogen) atoms. The van der Waals surface area contributed by atoms with E-state index >= 15 is 0 Å². The number of halogens is 1. The Bertz CT molecular complexity index is 1010. The maximum Gasteiger partial charge on any atom is 0.237 e. The van der Waals surface area contributed by atoms with Gasteiger partial charge in [-0.25, -0.2) is 9.37 Å². The Hall–Kier alpha value is -3.54. The van der Waals surface area contributed by atoms with Crippen LogP contribution in [-0.2, 0) is 11.3 Å². The highest BCUT2D eigenvalue weighted by atomic mass is 19.1. The van der Waals surface area contributed by atoms with Crippen LogP contribution in [0.2, 0.25) is 0 Å². The van der Waals surface area contributed by atoms with Gasteiger partial charge in [0.15, 0.2) is 5.76 Å². The molecule has 0 spiro atoms. The molecule has 0 aliphatic rings. The van der Waals surface area contributed by atoms with Gasteiger partial charge in [-0.1, -0.05) is 42.0 Å². The van der Waals surface area contributed by atoms with Crippen LogP contribution in [0, 0.1) is 12.7 Å². The van der Waals surface area contributed by atoms with Crippen molar-refractivity contribution in [1.82, 2.24) is 9.55 Å². The van der Waals surface area contributed by atoms with Crippen molar-refractivity contribution in [3.8, 4) is 0 Å². The molecule has 6 heteroatoms. The largest absolute Gasteiger partial charge is 0.504 e. The third kappa shape index (κ3) is 5.29. The normalized spacial score (nSPS) is 13.0. The predicted octanol–water partition coefficient (Wildman–Crippen LogP) is 4.72. The first-order valence-electron chi connectivity index (χ1n) is 9.68. The second-order valence-electron chi connectivity index (χ2n) is 7.06. The highest BCUT2D eigenvalue weighted by molar-refractivity contribution is 6.35. The average Bonchev–Trinajstić information content (AvgIpc) is 3.17. The summed E-state index contributed by atoms with van der Waals surface area (Å²) < 4.78 is 15.3. The molecule has 0 aliphatic carbocycles. The van der Waals surface area contributed by atoms with Gasteiger partial charge in [-0.15, -0.1) is 0 Å². The van der Waals surface area contributed by atoms with Crippen molar-refractivity contribution < 1.29 is 14.3 Å². The molecule has 5 nitrogen and oxygen atoms in total. The Kier molecular flexibility index (Phi) is 6.91. The van der Waals surface area contributed by atoms with Crippen LogP contribution in [0.3, 0.4) is 0 Å². The van der Waals surface area contributed by atoms with Crippen molar-refractivity contribution in [2.24, 2.45) is 4.99 Å². The van der Waals surface area contributed by atoms with E-state index < -0.39 is 11.5 Å². The van der Waals surface area contributed by atoms with E-state index in [1.165, 1.54) is 30.8 Å². The Morgan fingerprint density at radius 2 is 1.80 bits per heavy atom. The van der Waals surface area contributed by atoms with Gasteiger partial charge in [0.1, 0.15) is 11.6 Å². The third-order valence-corrected chi connectivity index (χ3v) is 4.92. The summed E-state index contributed by atoms with van der Waals surface area (Å²) in [6.07, 6.45) is 6.55. The number of aliphatic hydroxyl groups excluding tert-OH is 1. The number of benzene rings is 2. The number of nitrogens with zero attached hydrogens (tertiary/aromatic N) is 3. The maximum atomic E-state index is 13.4. The molecule has 154 valence electrons. The zero-order valence-electron chi connectivity index (χ0n) is 17.0. The summed E-state index contributed by atoms with van der Waals surface area (Å²) in [4.78, 5) is 19.6. The first kappa shape index (κ1) is 21.2. The van der Waals surface area contributed by atoms with Crippen LogP contribution >= 0.6 is 0 Å². The van der Waals surface area contributed by atoms with Crippen molar-refractivity contribution in [2.45, 2.75) is 25.8 Å². The number of ketones is 1. The van der Waals surface area contributed by atoms with Gasteiger partial charge in [-0.05, 0) is 36.6 Å². The smallest absolute Gasteiger partial charge is 0.237 e.